The molecule has 0 bridgehead atoms. The minimum absolute atomic E-state index is 0.0568. The van der Waals surface area contributed by atoms with Crippen LogP contribution in [0.3, 0.4) is 0 Å². The number of benzene rings is 1. The summed E-state index contributed by atoms with van der Waals surface area (Å²) >= 11 is 1.53. The van der Waals surface area contributed by atoms with Gasteiger partial charge in [0, 0.05) is 23.1 Å². The lowest BCUT2D eigenvalue weighted by molar-refractivity contribution is -0.114. The Labute approximate surface area is 184 Å². The van der Waals surface area contributed by atoms with Crippen LogP contribution in [0.4, 0.5) is 5.69 Å². The molecule has 1 aliphatic rings. The van der Waals surface area contributed by atoms with Gasteiger partial charge in [0.2, 0.25) is 5.91 Å². The summed E-state index contributed by atoms with van der Waals surface area (Å²) in [7, 11) is 0. The topological polar surface area (TPSA) is 84.3 Å². The predicted octanol–water partition coefficient (Wildman–Crippen LogP) is 3.51. The summed E-state index contributed by atoms with van der Waals surface area (Å²) in [5.74, 6) is 0.312. The molecular weight excluding hydrogens is 412 g/mol. The SMILES string of the molecule is CC(=O)Nc1ccc(C(=O)Cn2c(CN3CCCC3)nc3sc(C)c(C)c3c2=O)cc1. The third-order valence-corrected chi connectivity index (χ3v) is 6.86. The number of thiophene rings is 1. The van der Waals surface area contributed by atoms with Crippen molar-refractivity contribution in [2.45, 2.75) is 46.7 Å². The summed E-state index contributed by atoms with van der Waals surface area (Å²) in [6.07, 6.45) is 2.28. The van der Waals surface area contributed by atoms with Gasteiger partial charge in [-0.25, -0.2) is 4.98 Å². The van der Waals surface area contributed by atoms with Crippen molar-refractivity contribution < 1.29 is 9.59 Å². The Balaban J connectivity index is 1.69. The lowest BCUT2D eigenvalue weighted by Crippen LogP contribution is -2.32. The number of aryl methyl sites for hydroxylation is 2. The zero-order chi connectivity index (χ0) is 22.1. The van der Waals surface area contributed by atoms with E-state index in [-0.39, 0.29) is 23.8 Å². The largest absolute Gasteiger partial charge is 0.326 e. The number of likely N-dealkylation sites (tertiary alicyclic amines) is 1. The zero-order valence-corrected chi connectivity index (χ0v) is 18.8. The molecular formula is C23H26N4O3S. The number of nitrogens with zero attached hydrogens (tertiary/aromatic N) is 3. The molecule has 0 aliphatic carbocycles. The number of amides is 1. The second kappa shape index (κ2) is 8.72. The van der Waals surface area contributed by atoms with E-state index in [4.69, 9.17) is 4.98 Å². The summed E-state index contributed by atoms with van der Waals surface area (Å²) in [5.41, 5.74) is 1.91. The average molecular weight is 439 g/mol. The van der Waals surface area contributed by atoms with Crippen LogP contribution in [0.5, 0.6) is 0 Å². The molecule has 0 saturated carbocycles. The third-order valence-electron chi connectivity index (χ3n) is 5.76. The normalized spacial score (nSPS) is 14.3. The van der Waals surface area contributed by atoms with Crippen molar-refractivity contribution in [2.75, 3.05) is 18.4 Å². The smallest absolute Gasteiger partial charge is 0.263 e. The Bertz CT molecular complexity index is 1200. The lowest BCUT2D eigenvalue weighted by atomic mass is 10.1. The molecule has 0 radical (unpaired) electrons. The first-order chi connectivity index (χ1) is 14.8. The summed E-state index contributed by atoms with van der Waals surface area (Å²) in [6, 6.07) is 6.72. The van der Waals surface area contributed by atoms with E-state index < -0.39 is 0 Å². The number of aromatic nitrogens is 2. The third kappa shape index (κ3) is 4.45. The Morgan fingerprint density at radius 2 is 1.81 bits per heavy atom. The van der Waals surface area contributed by atoms with Gasteiger partial charge in [-0.15, -0.1) is 11.3 Å². The molecule has 0 spiro atoms. The highest BCUT2D eigenvalue weighted by atomic mass is 32.1. The fourth-order valence-electron chi connectivity index (χ4n) is 3.97. The highest BCUT2D eigenvalue weighted by Crippen LogP contribution is 2.27. The van der Waals surface area contributed by atoms with Crippen molar-refractivity contribution in [2.24, 2.45) is 0 Å². The second-order valence-electron chi connectivity index (χ2n) is 8.05. The maximum Gasteiger partial charge on any atom is 0.263 e. The van der Waals surface area contributed by atoms with E-state index in [1.165, 1.54) is 18.3 Å². The molecule has 1 saturated heterocycles. The highest BCUT2D eigenvalue weighted by molar-refractivity contribution is 7.18. The molecule has 162 valence electrons. The van der Waals surface area contributed by atoms with E-state index >= 15 is 0 Å². The van der Waals surface area contributed by atoms with Crippen molar-refractivity contribution in [3.05, 3.63) is 56.4 Å². The molecule has 7 nitrogen and oxygen atoms in total. The predicted molar refractivity (Wildman–Crippen MR) is 123 cm³/mol. The molecule has 2 aromatic heterocycles. The Morgan fingerprint density at radius 3 is 2.45 bits per heavy atom. The van der Waals surface area contributed by atoms with Crippen LogP contribution in [0.25, 0.3) is 10.2 Å². The zero-order valence-electron chi connectivity index (χ0n) is 18.0. The van der Waals surface area contributed by atoms with Crippen LogP contribution in [0, 0.1) is 13.8 Å². The average Bonchev–Trinajstić information content (AvgIpc) is 3.33. The number of rotatable bonds is 6. The fraction of sp³-hybridized carbons (Fsp3) is 0.391. The molecule has 1 fully saturated rings. The van der Waals surface area contributed by atoms with Gasteiger partial charge in [0.05, 0.1) is 18.5 Å². The summed E-state index contributed by atoms with van der Waals surface area (Å²) in [5, 5.41) is 3.30. The van der Waals surface area contributed by atoms with Crippen molar-refractivity contribution in [1.29, 1.82) is 0 Å². The molecule has 1 amide bonds. The molecule has 31 heavy (non-hydrogen) atoms. The number of carbonyl (C=O) groups is 2. The van der Waals surface area contributed by atoms with Crippen LogP contribution in [0.15, 0.2) is 29.1 Å². The highest BCUT2D eigenvalue weighted by Gasteiger charge is 2.21. The van der Waals surface area contributed by atoms with Gasteiger partial charge in [-0.2, -0.15) is 0 Å². The van der Waals surface area contributed by atoms with Crippen LogP contribution >= 0.6 is 11.3 Å². The minimum Gasteiger partial charge on any atom is -0.326 e. The number of nitrogens with one attached hydrogen (secondary N) is 1. The van der Waals surface area contributed by atoms with E-state index in [0.29, 0.717) is 29.0 Å². The Morgan fingerprint density at radius 1 is 1.13 bits per heavy atom. The molecule has 1 N–H and O–H groups in total. The van der Waals surface area contributed by atoms with Crippen LogP contribution < -0.4 is 10.9 Å². The quantitative estimate of drug-likeness (QED) is 0.596. The first-order valence-corrected chi connectivity index (χ1v) is 11.3. The molecule has 0 unspecified atom stereocenters. The van der Waals surface area contributed by atoms with Crippen LogP contribution in [-0.2, 0) is 17.9 Å². The number of hydrogen-bond acceptors (Lipinski definition) is 6. The van der Waals surface area contributed by atoms with Crippen molar-refractivity contribution >= 4 is 38.9 Å². The Hall–Kier alpha value is -2.84. The van der Waals surface area contributed by atoms with Gasteiger partial charge in [-0.1, -0.05) is 0 Å². The van der Waals surface area contributed by atoms with Gasteiger partial charge in [0.25, 0.3) is 5.56 Å². The first kappa shape index (κ1) is 21.4. The molecule has 8 heteroatoms. The Kier molecular flexibility index (Phi) is 6.02. The first-order valence-electron chi connectivity index (χ1n) is 10.5. The molecule has 3 aromatic rings. The van der Waals surface area contributed by atoms with E-state index in [0.717, 1.165) is 41.2 Å². The van der Waals surface area contributed by atoms with Crippen molar-refractivity contribution in [3.63, 3.8) is 0 Å². The van der Waals surface area contributed by atoms with E-state index in [1.54, 1.807) is 28.8 Å². The van der Waals surface area contributed by atoms with Crippen LogP contribution in [-0.4, -0.2) is 39.2 Å². The van der Waals surface area contributed by atoms with Crippen LogP contribution in [0.2, 0.25) is 0 Å². The molecule has 0 atom stereocenters. The fourth-order valence-corrected chi connectivity index (χ4v) is 5.01. The lowest BCUT2D eigenvalue weighted by Gasteiger charge is -2.18. The van der Waals surface area contributed by atoms with Gasteiger partial charge in [-0.3, -0.25) is 23.9 Å². The second-order valence-corrected chi connectivity index (χ2v) is 9.25. The van der Waals surface area contributed by atoms with Gasteiger partial charge in [0.15, 0.2) is 5.78 Å². The number of hydrogen-bond donors (Lipinski definition) is 1. The molecule has 1 aromatic carbocycles. The minimum atomic E-state index is -0.169. The molecule has 1 aliphatic heterocycles. The van der Waals surface area contributed by atoms with E-state index in [1.807, 2.05) is 13.8 Å². The number of Topliss-reactive ketones (excluding diaryl/α,β-unsaturated/α-hetero) is 1. The van der Waals surface area contributed by atoms with Crippen molar-refractivity contribution in [1.82, 2.24) is 14.5 Å². The van der Waals surface area contributed by atoms with Gasteiger partial charge in [-0.05, 0) is 69.6 Å². The number of fused-ring (bicyclic) bond motifs is 1. The number of carbonyl (C=O) groups excluding carboxylic acids is 2. The summed E-state index contributed by atoms with van der Waals surface area (Å²) in [4.78, 5) is 46.6. The van der Waals surface area contributed by atoms with Gasteiger partial charge >= 0.3 is 0 Å². The number of anilines is 1. The van der Waals surface area contributed by atoms with Gasteiger partial charge in [0.1, 0.15) is 10.7 Å². The summed E-state index contributed by atoms with van der Waals surface area (Å²) < 4.78 is 1.55. The van der Waals surface area contributed by atoms with E-state index in [2.05, 4.69) is 10.2 Å². The number of ketones is 1. The summed E-state index contributed by atoms with van der Waals surface area (Å²) in [6.45, 7) is 7.83. The van der Waals surface area contributed by atoms with E-state index in [9.17, 15) is 14.4 Å². The monoisotopic (exact) mass is 438 g/mol. The van der Waals surface area contributed by atoms with Crippen LogP contribution in [0.1, 0.15) is 46.4 Å². The molecule has 4 rings (SSSR count). The maximum atomic E-state index is 13.4. The van der Waals surface area contributed by atoms with Crippen molar-refractivity contribution in [3.8, 4) is 0 Å². The van der Waals surface area contributed by atoms with Gasteiger partial charge < -0.3 is 5.32 Å². The standard InChI is InChI=1S/C23H26N4O3S/c1-14-15(2)31-22-21(14)23(30)27(20(25-22)13-26-10-4-5-11-26)12-19(29)17-6-8-18(9-7-17)24-16(3)28/h6-9H,4-5,10-13H2,1-3H3,(H,24,28). The maximum absolute atomic E-state index is 13.4. The molecule has 3 heterocycles.